The molecule has 0 heterocycles. The zero-order valence-corrected chi connectivity index (χ0v) is 16.5. The Labute approximate surface area is 153 Å². The van der Waals surface area contributed by atoms with Crippen LogP contribution in [-0.4, -0.2) is 23.5 Å². The topological polar surface area (TPSA) is 41.8 Å². The van der Waals surface area contributed by atoms with Crippen molar-refractivity contribution in [3.8, 4) is 0 Å². The van der Waals surface area contributed by atoms with E-state index in [9.17, 15) is 5.11 Å². The van der Waals surface area contributed by atoms with Crippen LogP contribution in [0.3, 0.4) is 0 Å². The van der Waals surface area contributed by atoms with Crippen LogP contribution in [0.5, 0.6) is 0 Å². The van der Waals surface area contributed by atoms with E-state index in [1.54, 1.807) is 0 Å². The third-order valence-electron chi connectivity index (χ3n) is 8.94. The van der Waals surface area contributed by atoms with Gasteiger partial charge in [-0.15, -0.1) is 0 Å². The van der Waals surface area contributed by atoms with Gasteiger partial charge in [0.2, 0.25) is 0 Å². The molecule has 25 heavy (non-hydrogen) atoms. The van der Waals surface area contributed by atoms with Crippen molar-refractivity contribution in [2.75, 3.05) is 6.61 Å². The van der Waals surface area contributed by atoms with Crippen LogP contribution in [0.4, 0.5) is 0 Å². The summed E-state index contributed by atoms with van der Waals surface area (Å²) >= 11 is 0. The number of aliphatic hydroxyl groups is 1. The van der Waals surface area contributed by atoms with E-state index in [0.29, 0.717) is 5.41 Å². The summed E-state index contributed by atoms with van der Waals surface area (Å²) < 4.78 is 0. The van der Waals surface area contributed by atoms with Crippen LogP contribution in [-0.2, 0) is 4.84 Å². The standard InChI is InChI=1S/C22H37NO2/c1-4-13-25-23-16-9-11-21(2)15(14-16)5-6-17-18-7-8-20(24)22(18,3)12-10-19(17)21/h15,17-20,24H,4-14H2,1-3H3/b23-16-/t15?,17?,18?,19?,20?,21-,22-/m0/s1. The quantitative estimate of drug-likeness (QED) is 0.565. The van der Waals surface area contributed by atoms with Crippen LogP contribution >= 0.6 is 0 Å². The van der Waals surface area contributed by atoms with E-state index in [-0.39, 0.29) is 11.5 Å². The van der Waals surface area contributed by atoms with Gasteiger partial charge in [0.15, 0.2) is 0 Å². The third-order valence-corrected chi connectivity index (χ3v) is 8.94. The molecule has 0 aliphatic heterocycles. The molecule has 0 aromatic rings. The predicted octanol–water partition coefficient (Wildman–Crippen LogP) is 5.17. The lowest BCUT2D eigenvalue weighted by atomic mass is 9.45. The van der Waals surface area contributed by atoms with Crippen molar-refractivity contribution in [2.45, 2.75) is 91.1 Å². The second kappa shape index (κ2) is 6.55. The molecule has 0 spiro atoms. The molecule has 0 amide bonds. The van der Waals surface area contributed by atoms with Gasteiger partial charge in [-0.2, -0.15) is 0 Å². The maximum absolute atomic E-state index is 10.6. The first kappa shape index (κ1) is 17.8. The van der Waals surface area contributed by atoms with Crippen molar-refractivity contribution in [3.63, 3.8) is 0 Å². The van der Waals surface area contributed by atoms with E-state index in [0.717, 1.165) is 56.0 Å². The van der Waals surface area contributed by atoms with Crippen molar-refractivity contribution in [1.82, 2.24) is 0 Å². The number of nitrogens with zero attached hydrogens (tertiary/aromatic N) is 1. The van der Waals surface area contributed by atoms with E-state index in [4.69, 9.17) is 4.84 Å². The highest BCUT2D eigenvalue weighted by Gasteiger charge is 2.59. The van der Waals surface area contributed by atoms with Crippen LogP contribution in [0.2, 0.25) is 0 Å². The van der Waals surface area contributed by atoms with Crippen LogP contribution in [0.1, 0.15) is 85.0 Å². The van der Waals surface area contributed by atoms with E-state index >= 15 is 0 Å². The van der Waals surface area contributed by atoms with Crippen molar-refractivity contribution < 1.29 is 9.94 Å². The van der Waals surface area contributed by atoms with Gasteiger partial charge in [-0.3, -0.25) is 0 Å². The zero-order chi connectivity index (χ0) is 17.7. The van der Waals surface area contributed by atoms with E-state index in [2.05, 4.69) is 25.9 Å². The Kier molecular flexibility index (Phi) is 4.67. The molecule has 4 aliphatic rings. The summed E-state index contributed by atoms with van der Waals surface area (Å²) in [6.07, 6.45) is 12.2. The van der Waals surface area contributed by atoms with Gasteiger partial charge in [-0.05, 0) is 98.7 Å². The van der Waals surface area contributed by atoms with Crippen molar-refractivity contribution in [2.24, 2.45) is 39.7 Å². The first-order valence-corrected chi connectivity index (χ1v) is 10.8. The number of rotatable bonds is 3. The molecule has 5 unspecified atom stereocenters. The summed E-state index contributed by atoms with van der Waals surface area (Å²) in [5.74, 6) is 3.28. The highest BCUT2D eigenvalue weighted by molar-refractivity contribution is 5.85. The molecule has 4 aliphatic carbocycles. The number of oxime groups is 1. The number of hydrogen-bond donors (Lipinski definition) is 1. The summed E-state index contributed by atoms with van der Waals surface area (Å²) in [4.78, 5) is 5.48. The van der Waals surface area contributed by atoms with E-state index in [1.807, 2.05) is 0 Å². The first-order chi connectivity index (χ1) is 12.0. The fourth-order valence-corrected chi connectivity index (χ4v) is 7.34. The summed E-state index contributed by atoms with van der Waals surface area (Å²) in [7, 11) is 0. The zero-order valence-electron chi connectivity index (χ0n) is 16.5. The van der Waals surface area contributed by atoms with Gasteiger partial charge in [0.05, 0.1) is 11.8 Å². The Balaban J connectivity index is 1.50. The molecule has 0 saturated heterocycles. The molecule has 7 atom stereocenters. The molecule has 4 fully saturated rings. The Morgan fingerprint density at radius 3 is 2.64 bits per heavy atom. The molecule has 4 rings (SSSR count). The summed E-state index contributed by atoms with van der Waals surface area (Å²) in [6, 6.07) is 0. The predicted molar refractivity (Wildman–Crippen MR) is 101 cm³/mol. The molecule has 4 saturated carbocycles. The molecule has 0 aromatic carbocycles. The van der Waals surface area contributed by atoms with Gasteiger partial charge in [-0.25, -0.2) is 0 Å². The van der Waals surface area contributed by atoms with Crippen LogP contribution in [0.15, 0.2) is 5.16 Å². The molecule has 0 radical (unpaired) electrons. The molecule has 0 bridgehead atoms. The Hall–Kier alpha value is -0.570. The van der Waals surface area contributed by atoms with Crippen molar-refractivity contribution >= 4 is 5.71 Å². The van der Waals surface area contributed by atoms with Gasteiger partial charge in [0, 0.05) is 0 Å². The van der Waals surface area contributed by atoms with Crippen LogP contribution < -0.4 is 0 Å². The average molecular weight is 348 g/mol. The summed E-state index contributed by atoms with van der Waals surface area (Å²) in [5.41, 5.74) is 2.01. The number of fused-ring (bicyclic) bond motifs is 5. The molecular weight excluding hydrogens is 310 g/mol. The summed E-state index contributed by atoms with van der Waals surface area (Å²) in [5, 5.41) is 15.0. The molecule has 0 aromatic heterocycles. The molecule has 142 valence electrons. The van der Waals surface area contributed by atoms with Gasteiger partial charge in [0.25, 0.3) is 0 Å². The maximum Gasteiger partial charge on any atom is 0.116 e. The highest BCUT2D eigenvalue weighted by atomic mass is 16.6. The lowest BCUT2D eigenvalue weighted by Gasteiger charge is -2.60. The van der Waals surface area contributed by atoms with Gasteiger partial charge < -0.3 is 9.94 Å². The van der Waals surface area contributed by atoms with E-state index < -0.39 is 0 Å². The Bertz CT molecular complexity index is 532. The first-order valence-electron chi connectivity index (χ1n) is 10.8. The largest absolute Gasteiger partial charge is 0.396 e. The fraction of sp³-hybridized carbons (Fsp3) is 0.955. The SMILES string of the molecule is CCCO/N=C1/CC[C@@]2(C)C(CCC3C2CC[C@]2(C)C(O)CCC32)C1. The number of aliphatic hydroxyl groups excluding tert-OH is 1. The second-order valence-corrected chi connectivity index (χ2v) is 9.99. The second-order valence-electron chi connectivity index (χ2n) is 9.99. The fourth-order valence-electron chi connectivity index (χ4n) is 7.34. The Morgan fingerprint density at radius 2 is 1.84 bits per heavy atom. The molecule has 1 N–H and O–H groups in total. The summed E-state index contributed by atoms with van der Waals surface area (Å²) in [6.45, 7) is 7.86. The minimum Gasteiger partial charge on any atom is -0.396 e. The maximum atomic E-state index is 10.6. The molecule has 3 heteroatoms. The van der Waals surface area contributed by atoms with Gasteiger partial charge in [-0.1, -0.05) is 25.9 Å². The minimum absolute atomic E-state index is 0.0511. The monoisotopic (exact) mass is 347 g/mol. The van der Waals surface area contributed by atoms with Gasteiger partial charge in [0.1, 0.15) is 6.61 Å². The van der Waals surface area contributed by atoms with Gasteiger partial charge >= 0.3 is 0 Å². The lowest BCUT2D eigenvalue weighted by Crippen LogP contribution is -2.54. The van der Waals surface area contributed by atoms with E-state index in [1.165, 1.54) is 44.2 Å². The Morgan fingerprint density at radius 1 is 1.04 bits per heavy atom. The average Bonchev–Trinajstić information content (AvgIpc) is 2.90. The lowest BCUT2D eigenvalue weighted by molar-refractivity contribution is -0.112. The smallest absolute Gasteiger partial charge is 0.116 e. The normalized spacial score (nSPS) is 50.9. The van der Waals surface area contributed by atoms with Crippen LogP contribution in [0.25, 0.3) is 0 Å². The molecule has 3 nitrogen and oxygen atoms in total. The highest BCUT2D eigenvalue weighted by Crippen LogP contribution is 2.65. The van der Waals surface area contributed by atoms with Crippen molar-refractivity contribution in [1.29, 1.82) is 0 Å². The third kappa shape index (κ3) is 2.76. The molecular formula is C22H37NO2. The minimum atomic E-state index is -0.0511. The van der Waals surface area contributed by atoms with Crippen LogP contribution in [0, 0.1) is 34.5 Å². The van der Waals surface area contributed by atoms with Crippen molar-refractivity contribution in [3.05, 3.63) is 0 Å². The number of hydrogen-bond acceptors (Lipinski definition) is 3.